The summed E-state index contributed by atoms with van der Waals surface area (Å²) in [5.41, 5.74) is 0. The molecular formula is C4H6N6. The van der Waals surface area contributed by atoms with Crippen molar-refractivity contribution in [1.29, 1.82) is 0 Å². The summed E-state index contributed by atoms with van der Waals surface area (Å²) >= 11 is 0. The van der Waals surface area contributed by atoms with Gasteiger partial charge in [-0.05, 0) is 0 Å². The minimum atomic E-state index is 1.58. The Morgan fingerprint density at radius 2 is 1.80 bits per heavy atom. The van der Waals surface area contributed by atoms with E-state index in [4.69, 9.17) is 0 Å². The summed E-state index contributed by atoms with van der Waals surface area (Å²) in [6.45, 7) is 0. The molecule has 0 aliphatic rings. The van der Waals surface area contributed by atoms with Gasteiger partial charge in [0.15, 0.2) is 0 Å². The standard InChI is InChI=1S/2C2H3N3/c2*1-2-4-5-3-1/h2*1-2H,(H,3,4,5). The molecule has 2 N–H and O–H groups in total. The minimum absolute atomic E-state index is 1.58. The van der Waals surface area contributed by atoms with E-state index in [1.807, 2.05) is 0 Å². The van der Waals surface area contributed by atoms with Gasteiger partial charge in [-0.1, -0.05) is 5.21 Å². The predicted molar refractivity (Wildman–Crippen MR) is 32.8 cm³/mol. The van der Waals surface area contributed by atoms with Crippen LogP contribution in [-0.2, 0) is 0 Å². The Bertz CT molecular complexity index is 149. The van der Waals surface area contributed by atoms with Gasteiger partial charge < -0.3 is 0 Å². The average molecular weight is 138 g/mol. The lowest BCUT2D eigenvalue weighted by atomic mass is 11.0. The normalized spacial score (nSPS) is 8.00. The van der Waals surface area contributed by atoms with Crippen LogP contribution < -0.4 is 0 Å². The molecule has 6 nitrogen and oxygen atoms in total. The first-order chi connectivity index (χ1) is 5.00. The third kappa shape index (κ3) is 2.55. The molecule has 0 spiro atoms. The molecule has 0 aliphatic heterocycles. The molecule has 2 aromatic heterocycles. The molecule has 10 heavy (non-hydrogen) atoms. The number of nitrogens with one attached hydrogen (secondary N) is 2. The van der Waals surface area contributed by atoms with Gasteiger partial charge in [-0.25, -0.2) is 0 Å². The zero-order valence-electron chi connectivity index (χ0n) is 5.10. The summed E-state index contributed by atoms with van der Waals surface area (Å²) in [7, 11) is 0. The average Bonchev–Trinajstić information content (AvgIpc) is 2.67. The third-order valence-corrected chi connectivity index (χ3v) is 0.662. The highest BCUT2D eigenvalue weighted by Crippen LogP contribution is 1.56. The molecule has 52 valence electrons. The number of nitrogens with zero attached hydrogens (tertiary/aromatic N) is 4. The molecule has 6 heteroatoms. The second-order valence-corrected chi connectivity index (χ2v) is 1.32. The van der Waals surface area contributed by atoms with E-state index in [-0.39, 0.29) is 0 Å². The summed E-state index contributed by atoms with van der Waals surface area (Å²) < 4.78 is 0. The fourth-order valence-corrected chi connectivity index (χ4v) is 0.333. The maximum atomic E-state index is 3.49. The van der Waals surface area contributed by atoms with Crippen LogP contribution in [0.25, 0.3) is 0 Å². The first-order valence-corrected chi connectivity index (χ1v) is 2.60. The van der Waals surface area contributed by atoms with E-state index >= 15 is 0 Å². The maximum Gasteiger partial charge on any atom is 0.0690 e. The van der Waals surface area contributed by atoms with Gasteiger partial charge in [0.25, 0.3) is 0 Å². The number of rotatable bonds is 0. The molecule has 0 unspecified atom stereocenters. The summed E-state index contributed by atoms with van der Waals surface area (Å²) in [5.74, 6) is 0. The molecule has 2 heterocycles. The third-order valence-electron chi connectivity index (χ3n) is 0.662. The second-order valence-electron chi connectivity index (χ2n) is 1.32. The first kappa shape index (κ1) is 6.40. The van der Waals surface area contributed by atoms with Crippen LogP contribution in [0.2, 0.25) is 0 Å². The lowest BCUT2D eigenvalue weighted by Crippen LogP contribution is -1.61. The number of aromatic amines is 2. The Balaban J connectivity index is 0.0000001000. The summed E-state index contributed by atoms with van der Waals surface area (Å²) in [5, 5.41) is 18.6. The van der Waals surface area contributed by atoms with Crippen molar-refractivity contribution in [2.75, 3.05) is 0 Å². The van der Waals surface area contributed by atoms with Crippen molar-refractivity contribution in [3.05, 3.63) is 24.8 Å². The zero-order valence-corrected chi connectivity index (χ0v) is 5.10. The number of hydrogen-bond acceptors (Lipinski definition) is 4. The van der Waals surface area contributed by atoms with E-state index in [1.54, 1.807) is 24.8 Å². The van der Waals surface area contributed by atoms with Crippen LogP contribution in [-0.4, -0.2) is 30.8 Å². The second kappa shape index (κ2) is 4.19. The minimum Gasteiger partial charge on any atom is -0.266 e. The van der Waals surface area contributed by atoms with Crippen molar-refractivity contribution < 1.29 is 0 Å². The molecule has 0 aliphatic carbocycles. The summed E-state index contributed by atoms with van der Waals surface area (Å²) in [4.78, 5) is 0. The van der Waals surface area contributed by atoms with Gasteiger partial charge in [0.2, 0.25) is 0 Å². The van der Waals surface area contributed by atoms with Gasteiger partial charge in [-0.2, -0.15) is 15.4 Å². The Labute approximate surface area is 56.7 Å². The zero-order chi connectivity index (χ0) is 7.07. The van der Waals surface area contributed by atoms with Crippen molar-refractivity contribution in [3.8, 4) is 0 Å². The predicted octanol–water partition coefficient (Wildman–Crippen LogP) is -0.391. The van der Waals surface area contributed by atoms with E-state index in [0.29, 0.717) is 0 Å². The first-order valence-electron chi connectivity index (χ1n) is 2.60. The van der Waals surface area contributed by atoms with Crippen molar-refractivity contribution in [2.45, 2.75) is 0 Å². The summed E-state index contributed by atoms with van der Waals surface area (Å²) in [6, 6.07) is 0. The molecule has 0 radical (unpaired) electrons. The van der Waals surface area contributed by atoms with Crippen LogP contribution in [0.1, 0.15) is 0 Å². The van der Waals surface area contributed by atoms with Crippen LogP contribution in [0.15, 0.2) is 24.8 Å². The lowest BCUT2D eigenvalue weighted by Gasteiger charge is -1.48. The molecule has 0 aromatic carbocycles. The van der Waals surface area contributed by atoms with Crippen molar-refractivity contribution >= 4 is 0 Å². The van der Waals surface area contributed by atoms with E-state index < -0.39 is 0 Å². The van der Waals surface area contributed by atoms with E-state index in [0.717, 1.165) is 0 Å². The van der Waals surface area contributed by atoms with Gasteiger partial charge in [-0.3, -0.25) is 5.10 Å². The van der Waals surface area contributed by atoms with E-state index in [1.165, 1.54) is 0 Å². The molecule has 2 aromatic rings. The van der Waals surface area contributed by atoms with Crippen LogP contribution >= 0.6 is 0 Å². The van der Waals surface area contributed by atoms with Crippen LogP contribution in [0.5, 0.6) is 0 Å². The fraction of sp³-hybridized carbons (Fsp3) is 0. The Hall–Kier alpha value is -1.72. The van der Waals surface area contributed by atoms with Gasteiger partial charge in [-0.15, -0.1) is 5.10 Å². The van der Waals surface area contributed by atoms with Crippen molar-refractivity contribution in [1.82, 2.24) is 30.8 Å². The highest BCUT2D eigenvalue weighted by atomic mass is 15.3. The van der Waals surface area contributed by atoms with Gasteiger partial charge in [0.05, 0.1) is 18.6 Å². The molecule has 0 bridgehead atoms. The number of H-pyrrole nitrogens is 2. The van der Waals surface area contributed by atoms with Crippen LogP contribution in [0.3, 0.4) is 0 Å². The SMILES string of the molecule is c1c[nH]nn1.c1cn[nH]n1. The molecular weight excluding hydrogens is 132 g/mol. The Morgan fingerprint density at radius 3 is 2.00 bits per heavy atom. The van der Waals surface area contributed by atoms with Crippen molar-refractivity contribution in [3.63, 3.8) is 0 Å². The highest BCUT2D eigenvalue weighted by Gasteiger charge is 1.58. The van der Waals surface area contributed by atoms with Gasteiger partial charge in [0, 0.05) is 6.20 Å². The van der Waals surface area contributed by atoms with E-state index in [2.05, 4.69) is 30.8 Å². The molecule has 0 atom stereocenters. The Kier molecular flexibility index (Phi) is 2.68. The highest BCUT2D eigenvalue weighted by molar-refractivity contribution is 4.55. The van der Waals surface area contributed by atoms with Gasteiger partial charge >= 0.3 is 0 Å². The fourth-order valence-electron chi connectivity index (χ4n) is 0.333. The maximum absolute atomic E-state index is 3.49. The van der Waals surface area contributed by atoms with E-state index in [9.17, 15) is 0 Å². The molecule has 0 amide bonds. The largest absolute Gasteiger partial charge is 0.266 e. The Morgan fingerprint density at radius 1 is 1.00 bits per heavy atom. The molecule has 0 saturated heterocycles. The lowest BCUT2D eigenvalue weighted by molar-refractivity contribution is 0.940. The quantitative estimate of drug-likeness (QED) is 0.519. The molecule has 2 rings (SSSR count). The summed E-state index contributed by atoms with van der Waals surface area (Å²) in [6.07, 6.45) is 6.40. The number of hydrogen-bond donors (Lipinski definition) is 2. The topological polar surface area (TPSA) is 83.1 Å². The van der Waals surface area contributed by atoms with Gasteiger partial charge in [0.1, 0.15) is 0 Å². The molecule has 0 fully saturated rings. The van der Waals surface area contributed by atoms with Crippen molar-refractivity contribution in [2.24, 2.45) is 0 Å². The molecule has 0 saturated carbocycles. The number of aromatic nitrogens is 6. The smallest absolute Gasteiger partial charge is 0.0690 e. The monoisotopic (exact) mass is 138 g/mol. The van der Waals surface area contributed by atoms with Crippen LogP contribution in [0.4, 0.5) is 0 Å². The van der Waals surface area contributed by atoms with Crippen LogP contribution in [0, 0.1) is 0 Å².